The van der Waals surface area contributed by atoms with Crippen LogP contribution in [0.3, 0.4) is 0 Å². The fraction of sp³-hybridized carbons (Fsp3) is 0.353. The Bertz CT molecular complexity index is 902. The molecule has 1 aliphatic heterocycles. The topological polar surface area (TPSA) is 115 Å². The molecule has 0 bridgehead atoms. The van der Waals surface area contributed by atoms with Crippen LogP contribution in [0.1, 0.15) is 18.5 Å². The summed E-state index contributed by atoms with van der Waals surface area (Å²) in [4.78, 5) is 26.8. The Kier molecular flexibility index (Phi) is 4.69. The maximum atomic E-state index is 12.4. The largest absolute Gasteiger partial charge is 0.355 e. The summed E-state index contributed by atoms with van der Waals surface area (Å²) in [5.74, 6) is 1.67. The number of nitrogens with zero attached hydrogens (tertiary/aromatic N) is 8. The summed E-state index contributed by atoms with van der Waals surface area (Å²) < 4.78 is 1.56. The second kappa shape index (κ2) is 7.44. The van der Waals surface area contributed by atoms with E-state index in [0.717, 1.165) is 37.4 Å². The third kappa shape index (κ3) is 3.89. The molecule has 0 atom stereocenters. The van der Waals surface area contributed by atoms with Gasteiger partial charge >= 0.3 is 0 Å². The van der Waals surface area contributed by atoms with Gasteiger partial charge in [0.2, 0.25) is 11.9 Å². The first-order valence-corrected chi connectivity index (χ1v) is 8.73. The summed E-state index contributed by atoms with van der Waals surface area (Å²) in [5.41, 5.74) is 0.822. The molecule has 1 saturated heterocycles. The van der Waals surface area contributed by atoms with Crippen LogP contribution in [-0.2, 0) is 4.79 Å². The highest BCUT2D eigenvalue weighted by Gasteiger charge is 2.26. The van der Waals surface area contributed by atoms with Crippen LogP contribution in [0.15, 0.2) is 37.1 Å². The van der Waals surface area contributed by atoms with E-state index >= 15 is 0 Å². The second-order valence-electron chi connectivity index (χ2n) is 6.36. The van der Waals surface area contributed by atoms with E-state index in [0.29, 0.717) is 11.8 Å². The Balaban J connectivity index is 1.34. The molecule has 1 amide bonds. The molecule has 3 aromatic rings. The summed E-state index contributed by atoms with van der Waals surface area (Å²) in [6.45, 7) is 3.35. The van der Waals surface area contributed by atoms with Crippen LogP contribution in [0.25, 0.3) is 5.82 Å². The van der Waals surface area contributed by atoms with Gasteiger partial charge in [-0.3, -0.25) is 10.1 Å². The first-order chi connectivity index (χ1) is 13.2. The Labute approximate surface area is 155 Å². The third-order valence-corrected chi connectivity index (χ3v) is 4.51. The van der Waals surface area contributed by atoms with Crippen molar-refractivity contribution in [3.05, 3.63) is 42.7 Å². The van der Waals surface area contributed by atoms with Crippen molar-refractivity contribution in [1.29, 1.82) is 0 Å². The molecule has 3 aromatic heterocycles. The molecule has 138 valence electrons. The molecular weight excluding hydrogens is 346 g/mol. The normalized spacial score (nSPS) is 14.9. The smallest absolute Gasteiger partial charge is 0.229 e. The van der Waals surface area contributed by atoms with Crippen molar-refractivity contribution in [3.8, 4) is 5.82 Å². The average molecular weight is 365 g/mol. The van der Waals surface area contributed by atoms with Crippen LogP contribution in [-0.4, -0.2) is 53.9 Å². The molecule has 4 rings (SSSR count). The molecule has 0 radical (unpaired) electrons. The quantitative estimate of drug-likeness (QED) is 0.728. The monoisotopic (exact) mass is 365 g/mol. The SMILES string of the molecule is Cc1ccnc(NC(=O)C2CCN(c3ccc(-n4cncn4)nn3)CC2)n1. The minimum atomic E-state index is -0.0623. The Hall–Kier alpha value is -3.43. The van der Waals surface area contributed by atoms with Crippen LogP contribution in [0, 0.1) is 12.8 Å². The Morgan fingerprint density at radius 3 is 2.59 bits per heavy atom. The van der Waals surface area contributed by atoms with Gasteiger partial charge in [-0.1, -0.05) is 0 Å². The lowest BCUT2D eigenvalue weighted by Gasteiger charge is -2.31. The molecule has 4 heterocycles. The van der Waals surface area contributed by atoms with Crippen LogP contribution in [0.4, 0.5) is 11.8 Å². The Morgan fingerprint density at radius 2 is 1.93 bits per heavy atom. The predicted molar refractivity (Wildman–Crippen MR) is 97.3 cm³/mol. The first-order valence-electron chi connectivity index (χ1n) is 8.73. The first kappa shape index (κ1) is 17.0. The van der Waals surface area contributed by atoms with Gasteiger partial charge in [0.05, 0.1) is 0 Å². The lowest BCUT2D eigenvalue weighted by molar-refractivity contribution is -0.120. The summed E-state index contributed by atoms with van der Waals surface area (Å²) in [6, 6.07) is 5.55. The van der Waals surface area contributed by atoms with E-state index in [-0.39, 0.29) is 11.8 Å². The number of aromatic nitrogens is 7. The van der Waals surface area contributed by atoms with Gasteiger partial charge in [-0.15, -0.1) is 10.2 Å². The van der Waals surface area contributed by atoms with Crippen molar-refractivity contribution in [1.82, 2.24) is 34.9 Å². The number of rotatable bonds is 4. The highest BCUT2D eigenvalue weighted by atomic mass is 16.2. The minimum Gasteiger partial charge on any atom is -0.355 e. The summed E-state index contributed by atoms with van der Waals surface area (Å²) >= 11 is 0. The van der Waals surface area contributed by atoms with Gasteiger partial charge in [0.15, 0.2) is 11.6 Å². The van der Waals surface area contributed by atoms with Crippen LogP contribution < -0.4 is 10.2 Å². The number of carbonyl (C=O) groups excluding carboxylic acids is 1. The number of hydrogen-bond acceptors (Lipinski definition) is 8. The fourth-order valence-corrected chi connectivity index (χ4v) is 3.03. The number of carbonyl (C=O) groups is 1. The zero-order valence-corrected chi connectivity index (χ0v) is 14.9. The Morgan fingerprint density at radius 1 is 1.15 bits per heavy atom. The van der Waals surface area contributed by atoms with E-state index < -0.39 is 0 Å². The molecule has 1 fully saturated rings. The van der Waals surface area contributed by atoms with Gasteiger partial charge in [0.25, 0.3) is 0 Å². The standard InChI is InChI=1S/C17H19N9O/c1-12-4-7-19-17(21-12)22-16(27)13-5-8-25(9-6-13)14-2-3-15(24-23-14)26-11-18-10-20-26/h2-4,7,10-11,13H,5-6,8-9H2,1H3,(H,19,21,22,27). The lowest BCUT2D eigenvalue weighted by Crippen LogP contribution is -2.38. The second-order valence-corrected chi connectivity index (χ2v) is 6.36. The fourth-order valence-electron chi connectivity index (χ4n) is 3.03. The van der Waals surface area contributed by atoms with Crippen molar-refractivity contribution in [2.24, 2.45) is 5.92 Å². The number of aryl methyl sites for hydroxylation is 1. The maximum Gasteiger partial charge on any atom is 0.229 e. The molecule has 10 nitrogen and oxygen atoms in total. The van der Waals surface area contributed by atoms with Gasteiger partial charge in [0.1, 0.15) is 12.7 Å². The van der Waals surface area contributed by atoms with Crippen LogP contribution in [0.5, 0.6) is 0 Å². The van der Waals surface area contributed by atoms with Crippen LogP contribution >= 0.6 is 0 Å². The van der Waals surface area contributed by atoms with E-state index in [4.69, 9.17) is 0 Å². The molecule has 0 unspecified atom stereocenters. The highest BCUT2D eigenvalue weighted by Crippen LogP contribution is 2.22. The maximum absolute atomic E-state index is 12.4. The van der Waals surface area contributed by atoms with E-state index in [1.807, 2.05) is 19.1 Å². The highest BCUT2D eigenvalue weighted by molar-refractivity contribution is 5.91. The predicted octanol–water partition coefficient (Wildman–Crippen LogP) is 1.01. The van der Waals surface area contributed by atoms with Crippen LogP contribution in [0.2, 0.25) is 0 Å². The average Bonchev–Trinajstić information content (AvgIpc) is 3.23. The van der Waals surface area contributed by atoms with E-state index in [1.54, 1.807) is 23.3 Å². The summed E-state index contributed by atoms with van der Waals surface area (Å²) in [6.07, 6.45) is 6.15. The molecule has 27 heavy (non-hydrogen) atoms. The van der Waals surface area contributed by atoms with Crippen molar-refractivity contribution in [2.75, 3.05) is 23.3 Å². The van der Waals surface area contributed by atoms with Gasteiger partial charge < -0.3 is 4.90 Å². The van der Waals surface area contributed by atoms with Gasteiger partial charge in [0, 0.05) is 30.9 Å². The van der Waals surface area contributed by atoms with Gasteiger partial charge in [-0.2, -0.15) is 5.10 Å². The third-order valence-electron chi connectivity index (χ3n) is 4.51. The summed E-state index contributed by atoms with van der Waals surface area (Å²) in [7, 11) is 0. The molecule has 0 aliphatic carbocycles. The molecule has 1 N–H and O–H groups in total. The molecule has 10 heteroatoms. The number of hydrogen-bond donors (Lipinski definition) is 1. The van der Waals surface area contributed by atoms with Crippen molar-refractivity contribution >= 4 is 17.7 Å². The van der Waals surface area contributed by atoms with E-state index in [9.17, 15) is 4.79 Å². The van der Waals surface area contributed by atoms with Crippen molar-refractivity contribution in [2.45, 2.75) is 19.8 Å². The summed E-state index contributed by atoms with van der Waals surface area (Å²) in [5, 5.41) is 15.3. The van der Waals surface area contributed by atoms with Gasteiger partial charge in [-0.25, -0.2) is 19.6 Å². The molecule has 0 aromatic carbocycles. The zero-order chi connectivity index (χ0) is 18.6. The number of piperidine rings is 1. The molecule has 0 spiro atoms. The van der Waals surface area contributed by atoms with Gasteiger partial charge in [-0.05, 0) is 38.0 Å². The molecule has 1 aliphatic rings. The number of anilines is 2. The number of nitrogens with one attached hydrogen (secondary N) is 1. The number of amides is 1. The van der Waals surface area contributed by atoms with Crippen molar-refractivity contribution < 1.29 is 4.79 Å². The molecular formula is C17H19N9O. The van der Waals surface area contributed by atoms with E-state index in [2.05, 4.69) is 40.5 Å². The minimum absolute atomic E-state index is 0.0344. The van der Waals surface area contributed by atoms with Crippen molar-refractivity contribution in [3.63, 3.8) is 0 Å². The lowest BCUT2D eigenvalue weighted by atomic mass is 9.96. The van der Waals surface area contributed by atoms with E-state index in [1.165, 1.54) is 6.33 Å². The zero-order valence-electron chi connectivity index (χ0n) is 14.9. The molecule has 0 saturated carbocycles.